The van der Waals surface area contributed by atoms with Crippen LogP contribution in [0.25, 0.3) is 0 Å². The molecule has 0 aliphatic heterocycles. The summed E-state index contributed by atoms with van der Waals surface area (Å²) in [5.74, 6) is 0. The van der Waals surface area contributed by atoms with Gasteiger partial charge in [-0.05, 0) is 0 Å². The summed E-state index contributed by atoms with van der Waals surface area (Å²) in [6.45, 7) is 0.822. The zero-order valence-corrected chi connectivity index (χ0v) is 12.5. The molecule has 22 heavy (non-hydrogen) atoms. The molecule has 0 aliphatic rings. The number of hydrogen-bond donors (Lipinski definition) is 0. The molecule has 0 saturated heterocycles. The SMILES string of the molecule is C.COCCn1c(=O)n(CCOC)c(=O)n(CCOC)c1=O. The van der Waals surface area contributed by atoms with Gasteiger partial charge in [-0.2, -0.15) is 0 Å². The highest BCUT2D eigenvalue weighted by Crippen LogP contribution is 1.81. The molecule has 0 radical (unpaired) electrons. The Kier molecular flexibility index (Phi) is 9.31. The van der Waals surface area contributed by atoms with Crippen molar-refractivity contribution in [2.75, 3.05) is 41.2 Å². The Hall–Kier alpha value is -1.71. The number of ether oxygens (including phenoxy) is 3. The van der Waals surface area contributed by atoms with Crippen LogP contribution < -0.4 is 17.1 Å². The number of hydrogen-bond acceptors (Lipinski definition) is 6. The molecule has 9 heteroatoms. The molecule has 0 fully saturated rings. The van der Waals surface area contributed by atoms with Gasteiger partial charge in [-0.15, -0.1) is 0 Å². The van der Waals surface area contributed by atoms with Crippen LogP contribution in [0.15, 0.2) is 14.4 Å². The van der Waals surface area contributed by atoms with Gasteiger partial charge in [-0.3, -0.25) is 0 Å². The van der Waals surface area contributed by atoms with Crippen LogP contribution in [0.1, 0.15) is 7.43 Å². The first kappa shape index (κ1) is 20.3. The van der Waals surface area contributed by atoms with Crippen molar-refractivity contribution in [1.29, 1.82) is 0 Å². The van der Waals surface area contributed by atoms with Crippen LogP contribution in [0.3, 0.4) is 0 Å². The van der Waals surface area contributed by atoms with E-state index in [4.69, 9.17) is 14.2 Å². The number of aromatic nitrogens is 3. The van der Waals surface area contributed by atoms with Crippen molar-refractivity contribution in [3.05, 3.63) is 31.5 Å². The summed E-state index contributed by atoms with van der Waals surface area (Å²) in [5, 5.41) is 0. The first-order chi connectivity index (χ1) is 10.1. The first-order valence-corrected chi connectivity index (χ1v) is 6.49. The second-order valence-corrected chi connectivity index (χ2v) is 4.28. The average molecular weight is 319 g/mol. The highest BCUT2D eigenvalue weighted by molar-refractivity contribution is 4.79. The standard InChI is InChI=1S/C12H21N3O6.CH4/c1-19-7-4-13-10(16)14(5-8-20-2)12(18)15(11(13)17)6-9-21-3;/h4-9H2,1-3H3;1H4. The molecule has 0 unspecified atom stereocenters. The lowest BCUT2D eigenvalue weighted by atomic mass is 10.6. The number of rotatable bonds is 9. The Morgan fingerprint density at radius 3 is 1.05 bits per heavy atom. The van der Waals surface area contributed by atoms with Gasteiger partial charge in [0.2, 0.25) is 0 Å². The van der Waals surface area contributed by atoms with Crippen LogP contribution >= 0.6 is 0 Å². The second kappa shape index (κ2) is 10.1. The number of nitrogens with zero attached hydrogens (tertiary/aromatic N) is 3. The van der Waals surface area contributed by atoms with E-state index in [1.807, 2.05) is 0 Å². The Morgan fingerprint density at radius 2 is 0.864 bits per heavy atom. The zero-order valence-electron chi connectivity index (χ0n) is 12.5. The van der Waals surface area contributed by atoms with Crippen LogP contribution in [0.5, 0.6) is 0 Å². The third kappa shape index (κ3) is 4.65. The van der Waals surface area contributed by atoms with Gasteiger partial charge in [0.15, 0.2) is 0 Å². The lowest BCUT2D eigenvalue weighted by Crippen LogP contribution is -2.55. The van der Waals surface area contributed by atoms with E-state index in [2.05, 4.69) is 0 Å². The molecule has 0 aromatic carbocycles. The molecule has 128 valence electrons. The Bertz CT molecular complexity index is 500. The summed E-state index contributed by atoms with van der Waals surface area (Å²) in [5.41, 5.74) is -1.98. The number of methoxy groups -OCH3 is 3. The third-order valence-corrected chi connectivity index (χ3v) is 2.94. The van der Waals surface area contributed by atoms with Gasteiger partial charge < -0.3 is 14.2 Å². The molecule has 1 aromatic rings. The Balaban J connectivity index is 0.00000441. The van der Waals surface area contributed by atoms with Crippen molar-refractivity contribution in [2.24, 2.45) is 0 Å². The average Bonchev–Trinajstić information content (AvgIpc) is 2.47. The first-order valence-electron chi connectivity index (χ1n) is 6.49. The van der Waals surface area contributed by atoms with E-state index in [-0.39, 0.29) is 46.9 Å². The summed E-state index contributed by atoms with van der Waals surface area (Å²) in [4.78, 5) is 36.7. The van der Waals surface area contributed by atoms with Crippen LogP contribution in [0.2, 0.25) is 0 Å². The minimum absolute atomic E-state index is 0. The van der Waals surface area contributed by atoms with E-state index in [0.717, 1.165) is 13.7 Å². The predicted octanol–water partition coefficient (Wildman–Crippen LogP) is -1.25. The Labute approximate surface area is 128 Å². The van der Waals surface area contributed by atoms with Crippen LogP contribution in [0, 0.1) is 0 Å². The summed E-state index contributed by atoms with van der Waals surface area (Å²) >= 11 is 0. The van der Waals surface area contributed by atoms with Crippen molar-refractivity contribution in [3.63, 3.8) is 0 Å². The predicted molar refractivity (Wildman–Crippen MR) is 81.6 cm³/mol. The lowest BCUT2D eigenvalue weighted by molar-refractivity contribution is 0.166. The normalized spacial score (nSPS) is 10.5. The van der Waals surface area contributed by atoms with Crippen LogP contribution in [-0.4, -0.2) is 54.9 Å². The molecule has 0 aliphatic carbocycles. The molecule has 1 aromatic heterocycles. The summed E-state index contributed by atoms with van der Waals surface area (Å²) in [6, 6.07) is 0. The Morgan fingerprint density at radius 1 is 0.636 bits per heavy atom. The van der Waals surface area contributed by atoms with Crippen molar-refractivity contribution in [2.45, 2.75) is 27.1 Å². The minimum atomic E-state index is -0.659. The van der Waals surface area contributed by atoms with E-state index < -0.39 is 17.1 Å². The maximum atomic E-state index is 12.2. The van der Waals surface area contributed by atoms with Gasteiger partial charge in [0.05, 0.1) is 39.5 Å². The van der Waals surface area contributed by atoms with Crippen molar-refractivity contribution in [1.82, 2.24) is 13.7 Å². The minimum Gasteiger partial charge on any atom is -0.383 e. The van der Waals surface area contributed by atoms with Gasteiger partial charge in [-0.25, -0.2) is 28.1 Å². The summed E-state index contributed by atoms with van der Waals surface area (Å²) in [6.07, 6.45) is 0. The highest BCUT2D eigenvalue weighted by Gasteiger charge is 2.14. The molecule has 1 rings (SSSR count). The van der Waals surface area contributed by atoms with Crippen molar-refractivity contribution < 1.29 is 14.2 Å². The van der Waals surface area contributed by atoms with E-state index >= 15 is 0 Å². The van der Waals surface area contributed by atoms with E-state index in [1.165, 1.54) is 21.3 Å². The molecular weight excluding hydrogens is 294 g/mol. The van der Waals surface area contributed by atoms with E-state index in [0.29, 0.717) is 0 Å². The molecule has 1 heterocycles. The van der Waals surface area contributed by atoms with Gasteiger partial charge in [0.1, 0.15) is 0 Å². The maximum absolute atomic E-state index is 12.2. The van der Waals surface area contributed by atoms with Crippen molar-refractivity contribution >= 4 is 0 Å². The maximum Gasteiger partial charge on any atom is 0.336 e. The molecule has 0 amide bonds. The highest BCUT2D eigenvalue weighted by atomic mass is 16.5. The quantitative estimate of drug-likeness (QED) is 0.564. The molecule has 9 nitrogen and oxygen atoms in total. The topological polar surface area (TPSA) is 93.7 Å². The third-order valence-electron chi connectivity index (χ3n) is 2.94. The molecule has 0 bridgehead atoms. The van der Waals surface area contributed by atoms with Crippen molar-refractivity contribution in [3.8, 4) is 0 Å². The fraction of sp³-hybridized carbons (Fsp3) is 0.769. The van der Waals surface area contributed by atoms with Crippen LogP contribution in [-0.2, 0) is 33.8 Å². The summed E-state index contributed by atoms with van der Waals surface area (Å²) < 4.78 is 17.6. The van der Waals surface area contributed by atoms with E-state index in [9.17, 15) is 14.4 Å². The molecule has 0 N–H and O–H groups in total. The zero-order chi connectivity index (χ0) is 15.8. The fourth-order valence-corrected chi connectivity index (χ4v) is 1.80. The summed E-state index contributed by atoms with van der Waals surface area (Å²) in [7, 11) is 4.40. The van der Waals surface area contributed by atoms with Crippen LogP contribution in [0.4, 0.5) is 0 Å². The smallest absolute Gasteiger partial charge is 0.336 e. The molecule has 0 saturated carbocycles. The van der Waals surface area contributed by atoms with Gasteiger partial charge in [0.25, 0.3) is 0 Å². The van der Waals surface area contributed by atoms with Gasteiger partial charge in [0, 0.05) is 21.3 Å². The van der Waals surface area contributed by atoms with Gasteiger partial charge >= 0.3 is 17.1 Å². The largest absolute Gasteiger partial charge is 0.383 e. The van der Waals surface area contributed by atoms with E-state index in [1.54, 1.807) is 0 Å². The van der Waals surface area contributed by atoms with Gasteiger partial charge in [-0.1, -0.05) is 7.43 Å². The second-order valence-electron chi connectivity index (χ2n) is 4.28. The fourth-order valence-electron chi connectivity index (χ4n) is 1.80. The molecule has 0 spiro atoms. The molecule has 0 atom stereocenters. The molecular formula is C13H25N3O6. The monoisotopic (exact) mass is 319 g/mol. The lowest BCUT2D eigenvalue weighted by Gasteiger charge is -2.13.